The molecule has 9 nitrogen and oxygen atoms in total. The van der Waals surface area contributed by atoms with E-state index in [4.69, 9.17) is 13.8 Å². The van der Waals surface area contributed by atoms with Crippen LogP contribution in [0.2, 0.25) is 0 Å². The minimum atomic E-state index is -4.38. The van der Waals surface area contributed by atoms with E-state index >= 15 is 0 Å². The van der Waals surface area contributed by atoms with Crippen LogP contribution in [-0.4, -0.2) is 54.3 Å². The molecule has 0 aromatic rings. The molecule has 0 saturated heterocycles. The predicted octanol–water partition coefficient (Wildman–Crippen LogP) is 5.81. The fourth-order valence-electron chi connectivity index (χ4n) is 3.61. The fraction of sp³-hybridized carbons (Fsp3) is 0.923. The molecule has 36 heavy (non-hydrogen) atoms. The van der Waals surface area contributed by atoms with Gasteiger partial charge in [-0.1, -0.05) is 97.3 Å². The molecule has 0 bridgehead atoms. The highest BCUT2D eigenvalue weighted by Crippen LogP contribution is 2.42. The first-order chi connectivity index (χ1) is 17.3. The molecular weight excluding hydrogens is 485 g/mol. The number of hydrogen-bond acceptors (Lipinski definition) is 7. The van der Waals surface area contributed by atoms with Gasteiger partial charge < -0.3 is 20.1 Å². The molecule has 10 heteroatoms. The topological polar surface area (TPSA) is 131 Å². The third kappa shape index (κ3) is 24.7. The average Bonchev–Trinajstić information content (AvgIpc) is 2.85. The first kappa shape index (κ1) is 35.0. The zero-order valence-corrected chi connectivity index (χ0v) is 23.6. The number of amides is 1. The minimum Gasteiger partial charge on any atom is -0.463 e. The summed E-state index contributed by atoms with van der Waals surface area (Å²) in [6.07, 6.45) is 16.3. The molecule has 0 heterocycles. The van der Waals surface area contributed by atoms with Gasteiger partial charge >= 0.3 is 13.8 Å². The minimum absolute atomic E-state index is 0.0855. The maximum Gasteiger partial charge on any atom is 0.472 e. The summed E-state index contributed by atoms with van der Waals surface area (Å²) in [6, 6.07) is 0. The van der Waals surface area contributed by atoms with E-state index in [0.29, 0.717) is 6.42 Å². The van der Waals surface area contributed by atoms with Crippen molar-refractivity contribution in [3.63, 3.8) is 0 Å². The van der Waals surface area contributed by atoms with Crippen LogP contribution in [0.4, 0.5) is 0 Å². The van der Waals surface area contributed by atoms with Crippen molar-refractivity contribution in [1.82, 2.24) is 5.32 Å². The van der Waals surface area contributed by atoms with Gasteiger partial charge in [-0.05, 0) is 12.8 Å². The number of nitrogens with one attached hydrogen (secondary N) is 1. The van der Waals surface area contributed by atoms with Gasteiger partial charge in [-0.3, -0.25) is 18.6 Å². The van der Waals surface area contributed by atoms with Gasteiger partial charge in [0.2, 0.25) is 5.91 Å². The summed E-state index contributed by atoms with van der Waals surface area (Å²) >= 11 is 0. The van der Waals surface area contributed by atoms with Crippen molar-refractivity contribution in [3.8, 4) is 0 Å². The molecule has 0 aromatic heterocycles. The molecule has 1 amide bonds. The maximum absolute atomic E-state index is 11.9. The summed E-state index contributed by atoms with van der Waals surface area (Å²) in [5.74, 6) is -0.527. The van der Waals surface area contributed by atoms with Crippen molar-refractivity contribution in [3.05, 3.63) is 0 Å². The molecule has 0 radical (unpaired) electrons. The van der Waals surface area contributed by atoms with Gasteiger partial charge in [0.05, 0.1) is 13.2 Å². The molecular formula is C26H52NO8P. The van der Waals surface area contributed by atoms with Gasteiger partial charge in [0.25, 0.3) is 0 Å². The van der Waals surface area contributed by atoms with Gasteiger partial charge in [0, 0.05) is 19.4 Å². The highest BCUT2D eigenvalue weighted by Gasteiger charge is 2.23. The fourth-order valence-corrected chi connectivity index (χ4v) is 4.37. The Morgan fingerprint density at radius 3 is 1.81 bits per heavy atom. The van der Waals surface area contributed by atoms with E-state index in [0.717, 1.165) is 38.5 Å². The summed E-state index contributed by atoms with van der Waals surface area (Å²) < 4.78 is 26.4. The summed E-state index contributed by atoms with van der Waals surface area (Å²) in [4.78, 5) is 33.2. The Balaban J connectivity index is 3.70. The zero-order chi connectivity index (χ0) is 26.9. The number of carbonyl (C=O) groups is 2. The number of esters is 1. The quantitative estimate of drug-likeness (QED) is 0.0715. The Morgan fingerprint density at radius 1 is 0.750 bits per heavy atom. The molecule has 0 fully saturated rings. The zero-order valence-electron chi connectivity index (χ0n) is 22.7. The molecule has 0 aliphatic rings. The second-order valence-corrected chi connectivity index (χ2v) is 10.8. The van der Waals surface area contributed by atoms with Crippen molar-refractivity contribution in [1.29, 1.82) is 0 Å². The Morgan fingerprint density at radius 2 is 1.25 bits per heavy atom. The highest BCUT2D eigenvalue weighted by atomic mass is 31.2. The van der Waals surface area contributed by atoms with Gasteiger partial charge in [0.1, 0.15) is 12.7 Å². The normalized spacial score (nSPS) is 13.8. The van der Waals surface area contributed by atoms with Crippen LogP contribution >= 0.6 is 7.82 Å². The van der Waals surface area contributed by atoms with Crippen LogP contribution in [0.3, 0.4) is 0 Å². The number of rotatable bonds is 26. The molecule has 0 aliphatic carbocycles. The lowest BCUT2D eigenvalue weighted by atomic mass is 10.1. The van der Waals surface area contributed by atoms with Crippen LogP contribution in [0.1, 0.15) is 123 Å². The van der Waals surface area contributed by atoms with Crippen LogP contribution in [0, 0.1) is 0 Å². The standard InChI is InChI=1S/C26H52NO8P/c1-3-5-7-9-11-13-15-17-19-26(30)33-22-24(28)23-35-36(31,32)34-21-20-27-25(29)18-16-14-12-10-8-6-4-2/h24,28H,3-23H2,1-2H3,(H,27,29)(H,31,32). The van der Waals surface area contributed by atoms with Crippen LogP contribution < -0.4 is 5.32 Å². The van der Waals surface area contributed by atoms with Crippen LogP contribution in [0.15, 0.2) is 0 Å². The van der Waals surface area contributed by atoms with E-state index in [1.165, 1.54) is 57.8 Å². The number of aliphatic hydroxyl groups is 1. The van der Waals surface area contributed by atoms with Crippen molar-refractivity contribution >= 4 is 19.7 Å². The number of phosphoric ester groups is 1. The lowest BCUT2D eigenvalue weighted by Gasteiger charge is -2.15. The van der Waals surface area contributed by atoms with E-state index in [2.05, 4.69) is 19.2 Å². The SMILES string of the molecule is CCCCCCCCCCC(=O)OCC(O)COP(=O)(O)OCCNC(=O)CCCCCCCCC. The summed E-state index contributed by atoms with van der Waals surface area (Å²) in [5, 5.41) is 12.5. The smallest absolute Gasteiger partial charge is 0.463 e. The number of carbonyl (C=O) groups excluding carboxylic acids is 2. The van der Waals surface area contributed by atoms with Gasteiger partial charge in [-0.15, -0.1) is 0 Å². The third-order valence-electron chi connectivity index (χ3n) is 5.79. The van der Waals surface area contributed by atoms with Crippen molar-refractivity contribution < 1.29 is 37.9 Å². The van der Waals surface area contributed by atoms with E-state index in [1.54, 1.807) is 0 Å². The van der Waals surface area contributed by atoms with Crippen LogP contribution in [-0.2, 0) is 27.9 Å². The predicted molar refractivity (Wildman–Crippen MR) is 142 cm³/mol. The van der Waals surface area contributed by atoms with Crippen molar-refractivity contribution in [2.24, 2.45) is 0 Å². The Kier molecular flexibility index (Phi) is 23.7. The van der Waals surface area contributed by atoms with Gasteiger partial charge in [0.15, 0.2) is 0 Å². The summed E-state index contributed by atoms with van der Waals surface area (Å²) in [7, 11) is -4.38. The molecule has 2 atom stereocenters. The Labute approximate surface area is 218 Å². The molecule has 2 unspecified atom stereocenters. The number of aliphatic hydroxyl groups excluding tert-OH is 1. The molecule has 0 spiro atoms. The lowest BCUT2D eigenvalue weighted by Crippen LogP contribution is -2.27. The molecule has 214 valence electrons. The summed E-state index contributed by atoms with van der Waals surface area (Å²) in [6.45, 7) is 3.43. The number of phosphoric acid groups is 1. The van der Waals surface area contributed by atoms with Gasteiger partial charge in [-0.2, -0.15) is 0 Å². The largest absolute Gasteiger partial charge is 0.472 e. The number of unbranched alkanes of at least 4 members (excludes halogenated alkanes) is 13. The van der Waals surface area contributed by atoms with E-state index in [-0.39, 0.29) is 32.1 Å². The summed E-state index contributed by atoms with van der Waals surface area (Å²) in [5.41, 5.74) is 0. The third-order valence-corrected chi connectivity index (χ3v) is 6.77. The number of ether oxygens (including phenoxy) is 1. The van der Waals surface area contributed by atoms with Crippen molar-refractivity contribution in [2.75, 3.05) is 26.4 Å². The molecule has 0 aliphatic heterocycles. The molecule has 3 N–H and O–H groups in total. The molecule has 0 saturated carbocycles. The first-order valence-corrected chi connectivity index (χ1v) is 15.5. The second-order valence-electron chi connectivity index (χ2n) is 9.38. The van der Waals surface area contributed by atoms with E-state index < -0.39 is 26.5 Å². The van der Waals surface area contributed by atoms with Crippen LogP contribution in [0.5, 0.6) is 0 Å². The molecule has 0 rings (SSSR count). The van der Waals surface area contributed by atoms with E-state index in [1.807, 2.05) is 0 Å². The maximum atomic E-state index is 11.9. The lowest BCUT2D eigenvalue weighted by molar-refractivity contribution is -0.147. The number of hydrogen-bond donors (Lipinski definition) is 3. The average molecular weight is 538 g/mol. The molecule has 0 aromatic carbocycles. The van der Waals surface area contributed by atoms with E-state index in [9.17, 15) is 24.2 Å². The van der Waals surface area contributed by atoms with Crippen LogP contribution in [0.25, 0.3) is 0 Å². The Hall–Kier alpha value is -0.990. The second kappa shape index (κ2) is 24.4. The van der Waals surface area contributed by atoms with Crippen molar-refractivity contribution in [2.45, 2.75) is 129 Å². The Bertz CT molecular complexity index is 590. The monoisotopic (exact) mass is 537 g/mol. The first-order valence-electron chi connectivity index (χ1n) is 14.0. The highest BCUT2D eigenvalue weighted by molar-refractivity contribution is 7.47. The van der Waals surface area contributed by atoms with Gasteiger partial charge in [-0.25, -0.2) is 4.57 Å².